The zero-order valence-electron chi connectivity index (χ0n) is 29.2. The maximum Gasteiger partial charge on any atom is 0.330 e. The Bertz CT molecular complexity index is 1810. The topological polar surface area (TPSA) is 129 Å². The highest BCUT2D eigenvalue weighted by Crippen LogP contribution is 2.70. The zero-order valence-corrected chi connectivity index (χ0v) is 29.2. The molecule has 3 aliphatic heterocycles. The van der Waals surface area contributed by atoms with Crippen molar-refractivity contribution < 1.29 is 43.5 Å². The molecule has 3 heterocycles. The van der Waals surface area contributed by atoms with Gasteiger partial charge in [0.25, 0.3) is 0 Å². The van der Waals surface area contributed by atoms with Gasteiger partial charge in [0.05, 0.1) is 5.60 Å². The molecule has 3 unspecified atom stereocenters. The molecular weight excluding hydrogens is 612 g/mol. The molecule has 9 nitrogen and oxygen atoms in total. The molecule has 1 saturated heterocycles. The fourth-order valence-corrected chi connectivity index (χ4v) is 9.87. The number of carbonyl (C=O) groups excluding carboxylic acids is 2. The second-order valence-electron chi connectivity index (χ2n) is 15.9. The van der Waals surface area contributed by atoms with E-state index >= 15 is 4.79 Å². The summed E-state index contributed by atoms with van der Waals surface area (Å²) in [6.07, 6.45) is 7.86. The summed E-state index contributed by atoms with van der Waals surface area (Å²) in [6, 6.07) is 0. The first-order chi connectivity index (χ1) is 22.4. The number of carbonyl (C=O) groups is 3. The highest BCUT2D eigenvalue weighted by molar-refractivity contribution is 6.20. The Balaban J connectivity index is 1.55. The number of rotatable bonds is 7. The minimum absolute atomic E-state index is 0.0376. The number of hydrogen-bond donors (Lipinski definition) is 2. The summed E-state index contributed by atoms with van der Waals surface area (Å²) >= 11 is 0. The average molecular weight is 659 g/mol. The molecular formula is C39H46O9. The molecule has 7 aliphatic rings. The van der Waals surface area contributed by atoms with Gasteiger partial charge in [-0.15, -0.1) is 0 Å². The Morgan fingerprint density at radius 3 is 2.42 bits per heavy atom. The van der Waals surface area contributed by atoms with Gasteiger partial charge < -0.3 is 29.2 Å². The third kappa shape index (κ3) is 4.00. The van der Waals surface area contributed by atoms with Gasteiger partial charge in [0.15, 0.2) is 17.0 Å². The molecule has 7 atom stereocenters. The SMILES string of the molecule is C=C(C)C1CCC2(C)CC1c1c(O)c3c(c(CC=C(C)C)c1O2)O[C@]12C(=C[C@]4(OC)C[C@H]1C(C)(C)O[C@@]2(C/C=C(\C)C(=O)O)C4=O)C3=O. The lowest BCUT2D eigenvalue weighted by Gasteiger charge is -2.59. The van der Waals surface area contributed by atoms with Crippen molar-refractivity contribution in [1.29, 1.82) is 0 Å². The van der Waals surface area contributed by atoms with E-state index in [0.717, 1.165) is 24.0 Å². The Morgan fingerprint density at radius 2 is 1.79 bits per heavy atom. The van der Waals surface area contributed by atoms with Gasteiger partial charge in [0.2, 0.25) is 5.78 Å². The fraction of sp³-hybridized carbons (Fsp3) is 0.564. The lowest BCUT2D eigenvalue weighted by Crippen LogP contribution is -2.77. The molecule has 2 N–H and O–H groups in total. The molecule has 0 aromatic heterocycles. The number of Topliss-reactive ketones (excluding diaryl/α,β-unsaturated/α-hetero) is 2. The second-order valence-corrected chi connectivity index (χ2v) is 15.9. The number of methoxy groups -OCH3 is 1. The number of allylic oxidation sites excluding steroid dienone is 3. The highest BCUT2D eigenvalue weighted by atomic mass is 16.6. The first-order valence-corrected chi connectivity index (χ1v) is 17.0. The number of ketones is 2. The maximum absolute atomic E-state index is 15.2. The normalized spacial score (nSPS) is 36.6. The molecule has 1 aromatic rings. The Hall–Kier alpha value is -3.69. The lowest BCUT2D eigenvalue weighted by molar-refractivity contribution is -0.190. The summed E-state index contributed by atoms with van der Waals surface area (Å²) in [6.45, 7) is 17.6. The van der Waals surface area contributed by atoms with Crippen LogP contribution in [0.2, 0.25) is 0 Å². The van der Waals surface area contributed by atoms with Crippen molar-refractivity contribution in [3.63, 3.8) is 0 Å². The molecule has 48 heavy (non-hydrogen) atoms. The number of carboxylic acid groups (broad SMARTS) is 1. The fourth-order valence-electron chi connectivity index (χ4n) is 9.87. The van der Waals surface area contributed by atoms with Gasteiger partial charge in [-0.1, -0.05) is 29.9 Å². The first kappa shape index (κ1) is 32.8. The number of phenols is 1. The minimum atomic E-state index is -1.78. The molecule has 8 rings (SSSR count). The van der Waals surface area contributed by atoms with Crippen LogP contribution in [0.15, 0.2) is 47.1 Å². The number of benzene rings is 1. The van der Waals surface area contributed by atoms with Crippen LogP contribution in [-0.4, -0.2) is 62.9 Å². The predicted octanol–water partition coefficient (Wildman–Crippen LogP) is 6.71. The van der Waals surface area contributed by atoms with E-state index < -0.39 is 51.5 Å². The number of ether oxygens (including phenoxy) is 4. The van der Waals surface area contributed by atoms with Crippen LogP contribution in [0.5, 0.6) is 17.2 Å². The third-order valence-corrected chi connectivity index (χ3v) is 12.2. The van der Waals surface area contributed by atoms with Crippen molar-refractivity contribution in [1.82, 2.24) is 0 Å². The Labute approximate surface area is 281 Å². The smallest absolute Gasteiger partial charge is 0.330 e. The van der Waals surface area contributed by atoms with E-state index in [1.807, 2.05) is 40.7 Å². The van der Waals surface area contributed by atoms with Crippen LogP contribution in [0, 0.1) is 11.8 Å². The molecule has 2 saturated carbocycles. The zero-order chi connectivity index (χ0) is 34.9. The minimum Gasteiger partial charge on any atom is -0.507 e. The van der Waals surface area contributed by atoms with Crippen molar-refractivity contribution in [2.45, 2.75) is 121 Å². The monoisotopic (exact) mass is 658 g/mol. The number of phenolic OH excluding ortho intramolecular Hbond substituents is 1. The van der Waals surface area contributed by atoms with Gasteiger partial charge in [-0.2, -0.15) is 0 Å². The first-order valence-electron chi connectivity index (χ1n) is 17.0. The largest absolute Gasteiger partial charge is 0.507 e. The molecule has 256 valence electrons. The van der Waals surface area contributed by atoms with Gasteiger partial charge in [-0.05, 0) is 92.6 Å². The van der Waals surface area contributed by atoms with Gasteiger partial charge >= 0.3 is 5.97 Å². The van der Waals surface area contributed by atoms with Gasteiger partial charge in [0, 0.05) is 47.6 Å². The number of aliphatic carboxylic acids is 1. The molecule has 4 aliphatic carbocycles. The van der Waals surface area contributed by atoms with E-state index in [1.165, 1.54) is 20.1 Å². The van der Waals surface area contributed by atoms with Crippen LogP contribution in [0.3, 0.4) is 0 Å². The van der Waals surface area contributed by atoms with E-state index in [9.17, 15) is 19.8 Å². The third-order valence-electron chi connectivity index (χ3n) is 12.2. The van der Waals surface area contributed by atoms with Crippen molar-refractivity contribution in [3.8, 4) is 17.2 Å². The van der Waals surface area contributed by atoms with Crippen LogP contribution in [0.1, 0.15) is 108 Å². The van der Waals surface area contributed by atoms with Crippen LogP contribution >= 0.6 is 0 Å². The van der Waals surface area contributed by atoms with Crippen molar-refractivity contribution in [2.75, 3.05) is 7.11 Å². The van der Waals surface area contributed by atoms with Gasteiger partial charge in [-0.3, -0.25) is 9.59 Å². The van der Waals surface area contributed by atoms with Gasteiger partial charge in [0.1, 0.15) is 34.0 Å². The number of hydrogen-bond acceptors (Lipinski definition) is 8. The van der Waals surface area contributed by atoms with E-state index in [-0.39, 0.29) is 52.9 Å². The second kappa shape index (κ2) is 10.2. The summed E-state index contributed by atoms with van der Waals surface area (Å²) < 4.78 is 26.9. The summed E-state index contributed by atoms with van der Waals surface area (Å²) in [5.41, 5.74) is -2.72. The molecule has 1 spiro atoms. The molecule has 9 heteroatoms. The highest BCUT2D eigenvalue weighted by Gasteiger charge is 2.84. The quantitative estimate of drug-likeness (QED) is 0.243. The molecule has 1 aromatic carbocycles. The lowest BCUT2D eigenvalue weighted by atomic mass is 9.49. The predicted molar refractivity (Wildman–Crippen MR) is 178 cm³/mol. The van der Waals surface area contributed by atoms with Crippen molar-refractivity contribution in [3.05, 3.63) is 63.8 Å². The van der Waals surface area contributed by atoms with E-state index in [1.54, 1.807) is 6.08 Å². The summed E-state index contributed by atoms with van der Waals surface area (Å²) in [4.78, 5) is 41.8. The van der Waals surface area contributed by atoms with Crippen LogP contribution < -0.4 is 9.47 Å². The summed E-state index contributed by atoms with van der Waals surface area (Å²) in [5.74, 6) is -1.97. The van der Waals surface area contributed by atoms with Crippen LogP contribution in [0.25, 0.3) is 0 Å². The number of aromatic hydroxyl groups is 1. The average Bonchev–Trinajstić information content (AvgIpc) is 3.16. The number of fused-ring (bicyclic) bond motifs is 5. The van der Waals surface area contributed by atoms with Crippen LogP contribution in [-0.2, 0) is 25.5 Å². The van der Waals surface area contributed by atoms with Gasteiger partial charge in [-0.25, -0.2) is 4.79 Å². The van der Waals surface area contributed by atoms with Crippen molar-refractivity contribution in [2.24, 2.45) is 11.8 Å². The maximum atomic E-state index is 15.2. The van der Waals surface area contributed by atoms with E-state index in [4.69, 9.17) is 18.9 Å². The molecule has 3 fully saturated rings. The van der Waals surface area contributed by atoms with E-state index in [0.29, 0.717) is 29.7 Å². The van der Waals surface area contributed by atoms with Crippen LogP contribution in [0.4, 0.5) is 0 Å². The van der Waals surface area contributed by atoms with E-state index in [2.05, 4.69) is 13.5 Å². The van der Waals surface area contributed by atoms with Crippen molar-refractivity contribution >= 4 is 17.5 Å². The molecule has 0 amide bonds. The summed E-state index contributed by atoms with van der Waals surface area (Å²) in [5, 5.41) is 22.0. The Kier molecular flexibility index (Phi) is 6.96. The molecule has 6 bridgehead atoms. The Morgan fingerprint density at radius 1 is 1.08 bits per heavy atom. The number of carboxylic acids is 1. The summed E-state index contributed by atoms with van der Waals surface area (Å²) in [7, 11) is 1.44. The standard InChI is InChI=1S/C39H46O9/c1-19(2)10-11-23-31-27(24-16-36(8,46-31)14-13-22(24)20(3)4)30(41)28-29(40)25-17-37(45-9)18-26-35(6,7)48-38(34(37)44,15-12-21(5)33(42)43)39(25,26)47-32(23)28/h10,12,17,22,24,26,41H,3,11,13-16,18H2,1-2,4-9H3,(H,42,43)/b21-12+/t22?,24?,26-,36?,37-,38-,39+/m0/s1. The molecule has 0 radical (unpaired) electrons.